The summed E-state index contributed by atoms with van der Waals surface area (Å²) in [7, 11) is 5.43. The Morgan fingerprint density at radius 3 is 2.79 bits per heavy atom. The van der Waals surface area contributed by atoms with Gasteiger partial charge in [-0.3, -0.25) is 4.99 Å². The van der Waals surface area contributed by atoms with E-state index in [-0.39, 0.29) is 0 Å². The number of nitriles is 1. The van der Waals surface area contributed by atoms with Crippen LogP contribution in [0.15, 0.2) is 23.2 Å². The zero-order valence-corrected chi connectivity index (χ0v) is 14.6. The Labute approximate surface area is 143 Å². The minimum absolute atomic E-state index is 0.306. The van der Waals surface area contributed by atoms with Gasteiger partial charge < -0.3 is 20.3 Å². The number of hydrogen-bond donors (Lipinski definition) is 2. The molecule has 24 heavy (non-hydrogen) atoms. The molecule has 0 saturated carbocycles. The Morgan fingerprint density at radius 2 is 2.17 bits per heavy atom. The van der Waals surface area contributed by atoms with E-state index >= 15 is 0 Å². The van der Waals surface area contributed by atoms with Crippen molar-refractivity contribution in [1.29, 1.82) is 5.26 Å². The molecule has 0 fully saturated rings. The van der Waals surface area contributed by atoms with Crippen LogP contribution < -0.4 is 10.6 Å². The molecule has 0 heterocycles. The first-order chi connectivity index (χ1) is 11.6. The van der Waals surface area contributed by atoms with E-state index < -0.39 is 5.82 Å². The summed E-state index contributed by atoms with van der Waals surface area (Å²) in [5.74, 6) is 0.221. The Bertz CT molecular complexity index is 571. The van der Waals surface area contributed by atoms with Gasteiger partial charge >= 0.3 is 0 Å². The summed E-state index contributed by atoms with van der Waals surface area (Å²) in [6, 6.07) is 6.37. The van der Waals surface area contributed by atoms with Crippen molar-refractivity contribution in [3.05, 3.63) is 35.1 Å². The molecule has 0 unspecified atom stereocenters. The number of nitrogens with zero attached hydrogens (tertiary/aromatic N) is 3. The van der Waals surface area contributed by atoms with Gasteiger partial charge in [-0.25, -0.2) is 4.39 Å². The second-order valence-corrected chi connectivity index (χ2v) is 5.42. The minimum Gasteiger partial charge on any atom is -0.385 e. The molecule has 0 atom stereocenters. The maximum Gasteiger partial charge on any atom is 0.191 e. The molecule has 0 aromatic heterocycles. The number of benzene rings is 1. The third kappa shape index (κ3) is 7.40. The molecule has 1 aromatic carbocycles. The van der Waals surface area contributed by atoms with Crippen LogP contribution in [-0.2, 0) is 11.3 Å². The van der Waals surface area contributed by atoms with Gasteiger partial charge in [0, 0.05) is 52.5 Å². The second kappa shape index (κ2) is 11.4. The summed E-state index contributed by atoms with van der Waals surface area (Å²) in [6.07, 6.45) is 0.998. The Morgan fingerprint density at radius 1 is 1.38 bits per heavy atom. The van der Waals surface area contributed by atoms with Crippen molar-refractivity contribution in [2.45, 2.75) is 13.0 Å². The number of ether oxygens (including phenoxy) is 1. The topological polar surface area (TPSA) is 72.7 Å². The number of halogens is 1. The van der Waals surface area contributed by atoms with Crippen LogP contribution in [0.1, 0.15) is 17.5 Å². The predicted molar refractivity (Wildman–Crippen MR) is 93.3 cm³/mol. The highest BCUT2D eigenvalue weighted by Crippen LogP contribution is 2.09. The Balaban J connectivity index is 2.34. The van der Waals surface area contributed by atoms with Crippen molar-refractivity contribution >= 4 is 5.96 Å². The van der Waals surface area contributed by atoms with Crippen molar-refractivity contribution < 1.29 is 9.13 Å². The summed E-state index contributed by atoms with van der Waals surface area (Å²) in [4.78, 5) is 6.33. The number of methoxy groups -OCH3 is 1. The zero-order valence-electron chi connectivity index (χ0n) is 14.6. The number of hydrogen-bond acceptors (Lipinski definition) is 4. The fourth-order valence-corrected chi connectivity index (χ4v) is 2.12. The van der Waals surface area contributed by atoms with Gasteiger partial charge in [-0.15, -0.1) is 0 Å². The van der Waals surface area contributed by atoms with Gasteiger partial charge in [-0.1, -0.05) is 6.07 Å². The van der Waals surface area contributed by atoms with Crippen LogP contribution in [0.5, 0.6) is 0 Å². The third-order valence-electron chi connectivity index (χ3n) is 3.53. The molecular formula is C17H26FN5O. The molecule has 1 rings (SSSR count). The Hall–Kier alpha value is -2.17. The molecule has 132 valence electrons. The highest BCUT2D eigenvalue weighted by molar-refractivity contribution is 5.79. The summed E-state index contributed by atoms with van der Waals surface area (Å²) in [5, 5.41) is 15.0. The van der Waals surface area contributed by atoms with Crippen LogP contribution >= 0.6 is 0 Å². The van der Waals surface area contributed by atoms with Gasteiger partial charge in [-0.2, -0.15) is 5.26 Å². The summed E-state index contributed by atoms with van der Waals surface area (Å²) in [6.45, 7) is 3.64. The van der Waals surface area contributed by atoms with E-state index in [1.54, 1.807) is 26.3 Å². The van der Waals surface area contributed by atoms with Gasteiger partial charge in [0.2, 0.25) is 0 Å². The molecule has 0 amide bonds. The third-order valence-corrected chi connectivity index (χ3v) is 3.53. The summed E-state index contributed by atoms with van der Waals surface area (Å²) < 4.78 is 18.9. The monoisotopic (exact) mass is 335 g/mol. The van der Waals surface area contributed by atoms with Crippen molar-refractivity contribution in [2.24, 2.45) is 4.99 Å². The van der Waals surface area contributed by atoms with Crippen molar-refractivity contribution in [1.82, 2.24) is 15.5 Å². The number of likely N-dealkylation sites (N-methyl/N-ethyl adjacent to an activating group) is 1. The lowest BCUT2D eigenvalue weighted by molar-refractivity contribution is 0.180. The van der Waals surface area contributed by atoms with Gasteiger partial charge in [-0.05, 0) is 25.6 Å². The fourth-order valence-electron chi connectivity index (χ4n) is 2.12. The fraction of sp³-hybridized carbons (Fsp3) is 0.529. The standard InChI is InChI=1S/C17H26FN5O/c1-20-17(21-7-9-23(2)8-4-10-24-3)22-13-15-6-5-14(12-19)11-16(15)18/h5-6,11H,4,7-10,13H2,1-3H3,(H2,20,21,22). The molecular weight excluding hydrogens is 309 g/mol. The molecule has 2 N–H and O–H groups in total. The van der Waals surface area contributed by atoms with Crippen molar-refractivity contribution in [3.63, 3.8) is 0 Å². The van der Waals surface area contributed by atoms with Crippen LogP contribution in [0.2, 0.25) is 0 Å². The minimum atomic E-state index is -0.394. The first-order valence-corrected chi connectivity index (χ1v) is 7.91. The Kier molecular flexibility index (Phi) is 9.42. The van der Waals surface area contributed by atoms with E-state index in [1.165, 1.54) is 6.07 Å². The highest BCUT2D eigenvalue weighted by Gasteiger charge is 2.05. The smallest absolute Gasteiger partial charge is 0.191 e. The molecule has 0 aliphatic heterocycles. The largest absolute Gasteiger partial charge is 0.385 e. The number of nitrogens with one attached hydrogen (secondary N) is 2. The molecule has 0 radical (unpaired) electrons. The van der Waals surface area contributed by atoms with E-state index in [4.69, 9.17) is 10.00 Å². The van der Waals surface area contributed by atoms with Crippen LogP contribution in [0.3, 0.4) is 0 Å². The van der Waals surface area contributed by atoms with E-state index in [9.17, 15) is 4.39 Å². The van der Waals surface area contributed by atoms with Gasteiger partial charge in [0.15, 0.2) is 5.96 Å². The molecule has 0 saturated heterocycles. The zero-order chi connectivity index (χ0) is 17.8. The number of guanidine groups is 1. The normalized spacial score (nSPS) is 11.4. The van der Waals surface area contributed by atoms with Crippen LogP contribution in [-0.4, -0.2) is 58.3 Å². The van der Waals surface area contributed by atoms with Gasteiger partial charge in [0.1, 0.15) is 5.82 Å². The molecule has 7 heteroatoms. The van der Waals surface area contributed by atoms with Crippen LogP contribution in [0, 0.1) is 17.1 Å². The van der Waals surface area contributed by atoms with Gasteiger partial charge in [0.05, 0.1) is 11.6 Å². The first kappa shape index (κ1) is 19.9. The van der Waals surface area contributed by atoms with E-state index in [0.717, 1.165) is 32.7 Å². The maximum absolute atomic E-state index is 13.8. The highest BCUT2D eigenvalue weighted by atomic mass is 19.1. The summed E-state index contributed by atoms with van der Waals surface area (Å²) in [5.41, 5.74) is 0.809. The lowest BCUT2D eigenvalue weighted by Crippen LogP contribution is -2.40. The average molecular weight is 335 g/mol. The maximum atomic E-state index is 13.8. The summed E-state index contributed by atoms with van der Waals surface area (Å²) >= 11 is 0. The molecule has 0 bridgehead atoms. The first-order valence-electron chi connectivity index (χ1n) is 7.91. The van der Waals surface area contributed by atoms with E-state index in [1.807, 2.05) is 6.07 Å². The molecule has 0 aliphatic rings. The predicted octanol–water partition coefficient (Wildman–Crippen LogP) is 1.33. The molecule has 0 aliphatic carbocycles. The van der Waals surface area contributed by atoms with E-state index in [0.29, 0.717) is 23.6 Å². The average Bonchev–Trinajstić information content (AvgIpc) is 2.59. The van der Waals surface area contributed by atoms with E-state index in [2.05, 4.69) is 27.6 Å². The second-order valence-electron chi connectivity index (χ2n) is 5.42. The quantitative estimate of drug-likeness (QED) is 0.405. The molecule has 6 nitrogen and oxygen atoms in total. The van der Waals surface area contributed by atoms with Crippen molar-refractivity contribution in [2.75, 3.05) is 47.4 Å². The number of rotatable bonds is 9. The molecule has 1 aromatic rings. The molecule has 0 spiro atoms. The van der Waals surface area contributed by atoms with Crippen LogP contribution in [0.4, 0.5) is 4.39 Å². The SMILES string of the molecule is CN=C(NCCN(C)CCCOC)NCc1ccc(C#N)cc1F. The van der Waals surface area contributed by atoms with Gasteiger partial charge in [0.25, 0.3) is 0 Å². The lowest BCUT2D eigenvalue weighted by Gasteiger charge is -2.18. The van der Waals surface area contributed by atoms with Crippen LogP contribution in [0.25, 0.3) is 0 Å². The number of aliphatic imine (C=N–C) groups is 1. The van der Waals surface area contributed by atoms with Crippen molar-refractivity contribution in [3.8, 4) is 6.07 Å². The lowest BCUT2D eigenvalue weighted by atomic mass is 10.1.